The Balaban J connectivity index is 1.44. The Morgan fingerprint density at radius 2 is 1.76 bits per heavy atom. The number of benzene rings is 1. The zero-order valence-electron chi connectivity index (χ0n) is 17.2. The van der Waals surface area contributed by atoms with Gasteiger partial charge >= 0.3 is 0 Å². The van der Waals surface area contributed by atoms with Gasteiger partial charge in [-0.2, -0.15) is 4.98 Å². The van der Waals surface area contributed by atoms with Crippen molar-refractivity contribution < 1.29 is 14.1 Å². The van der Waals surface area contributed by atoms with Gasteiger partial charge in [0.25, 0.3) is 5.91 Å². The first kappa shape index (κ1) is 21.0. The minimum Gasteiger partial charge on any atom is -0.343 e. The number of amides is 2. The molecular formula is C21H29N5O3. The lowest BCUT2D eigenvalue weighted by Crippen LogP contribution is -2.48. The highest BCUT2D eigenvalue weighted by molar-refractivity contribution is 5.94. The smallest absolute Gasteiger partial charge is 0.253 e. The second kappa shape index (κ2) is 10.2. The highest BCUT2D eigenvalue weighted by Gasteiger charge is 2.23. The molecular weight excluding hydrogens is 370 g/mol. The molecule has 0 spiro atoms. The van der Waals surface area contributed by atoms with Crippen molar-refractivity contribution in [2.24, 2.45) is 0 Å². The molecule has 29 heavy (non-hydrogen) atoms. The van der Waals surface area contributed by atoms with Crippen molar-refractivity contribution in [2.45, 2.75) is 33.2 Å². The van der Waals surface area contributed by atoms with Gasteiger partial charge in [-0.25, -0.2) is 0 Å². The van der Waals surface area contributed by atoms with Gasteiger partial charge in [0.2, 0.25) is 11.8 Å². The summed E-state index contributed by atoms with van der Waals surface area (Å²) >= 11 is 0. The first-order valence-corrected chi connectivity index (χ1v) is 10.3. The van der Waals surface area contributed by atoms with Crippen LogP contribution in [0.1, 0.15) is 42.3 Å². The molecule has 8 heteroatoms. The maximum Gasteiger partial charge on any atom is 0.253 e. The zero-order valence-corrected chi connectivity index (χ0v) is 17.2. The Morgan fingerprint density at radius 3 is 2.41 bits per heavy atom. The summed E-state index contributed by atoms with van der Waals surface area (Å²) in [6.07, 6.45) is 0.839. The Bertz CT molecular complexity index is 796. The number of carbonyl (C=O) groups excluding carboxylic acids is 2. The Hall–Kier alpha value is -2.74. The lowest BCUT2D eigenvalue weighted by Gasteiger charge is -2.34. The maximum atomic E-state index is 12.5. The lowest BCUT2D eigenvalue weighted by atomic mass is 10.2. The summed E-state index contributed by atoms with van der Waals surface area (Å²) in [5.41, 5.74) is 0.725. The summed E-state index contributed by atoms with van der Waals surface area (Å²) in [6, 6.07) is 9.37. The number of aromatic nitrogens is 2. The predicted molar refractivity (Wildman–Crippen MR) is 108 cm³/mol. The quantitative estimate of drug-likeness (QED) is 0.674. The van der Waals surface area contributed by atoms with Crippen LogP contribution in [0.25, 0.3) is 0 Å². The summed E-state index contributed by atoms with van der Waals surface area (Å²) in [5, 5.41) is 4.04. The molecule has 0 aliphatic carbocycles. The highest BCUT2D eigenvalue weighted by atomic mass is 16.5. The number of piperazine rings is 1. The van der Waals surface area contributed by atoms with Gasteiger partial charge in [-0.3, -0.25) is 14.5 Å². The number of hydrogen-bond donors (Lipinski definition) is 0. The van der Waals surface area contributed by atoms with E-state index in [1.165, 1.54) is 0 Å². The van der Waals surface area contributed by atoms with Crippen LogP contribution in [-0.4, -0.2) is 75.9 Å². The number of nitrogens with zero attached hydrogens (tertiary/aromatic N) is 5. The average Bonchev–Trinajstić information content (AvgIpc) is 3.21. The van der Waals surface area contributed by atoms with E-state index in [9.17, 15) is 9.59 Å². The summed E-state index contributed by atoms with van der Waals surface area (Å²) < 4.78 is 5.30. The van der Waals surface area contributed by atoms with E-state index in [2.05, 4.69) is 15.0 Å². The van der Waals surface area contributed by atoms with Crippen molar-refractivity contribution >= 4 is 11.8 Å². The van der Waals surface area contributed by atoms with Gasteiger partial charge in [0, 0.05) is 57.7 Å². The summed E-state index contributed by atoms with van der Waals surface area (Å²) in [4.78, 5) is 34.9. The summed E-state index contributed by atoms with van der Waals surface area (Å²) in [5.74, 6) is 1.30. The minimum absolute atomic E-state index is 0.0740. The number of hydrogen-bond acceptors (Lipinski definition) is 6. The minimum atomic E-state index is 0.0740. The van der Waals surface area contributed by atoms with E-state index in [-0.39, 0.29) is 11.8 Å². The zero-order chi connectivity index (χ0) is 20.6. The second-order valence-corrected chi connectivity index (χ2v) is 7.10. The second-order valence-electron chi connectivity index (χ2n) is 7.10. The molecule has 0 unspecified atom stereocenters. The Labute approximate surface area is 171 Å². The van der Waals surface area contributed by atoms with Crippen molar-refractivity contribution in [1.29, 1.82) is 0 Å². The molecule has 8 nitrogen and oxygen atoms in total. The van der Waals surface area contributed by atoms with E-state index in [0.29, 0.717) is 57.3 Å². The van der Waals surface area contributed by atoms with Crippen molar-refractivity contribution in [3.8, 4) is 0 Å². The molecule has 1 fully saturated rings. The van der Waals surface area contributed by atoms with Crippen LogP contribution in [0.3, 0.4) is 0 Å². The van der Waals surface area contributed by atoms with Crippen LogP contribution < -0.4 is 0 Å². The Morgan fingerprint density at radius 1 is 1.07 bits per heavy atom. The fourth-order valence-electron chi connectivity index (χ4n) is 3.48. The number of rotatable bonds is 8. The molecule has 0 bridgehead atoms. The molecule has 0 radical (unpaired) electrons. The van der Waals surface area contributed by atoms with Crippen molar-refractivity contribution in [3.05, 3.63) is 47.6 Å². The van der Waals surface area contributed by atoms with E-state index in [1.807, 2.05) is 49.1 Å². The molecule has 1 aliphatic rings. The molecule has 2 amide bonds. The molecule has 3 rings (SSSR count). The molecule has 1 aliphatic heterocycles. The summed E-state index contributed by atoms with van der Waals surface area (Å²) in [6.45, 7) is 8.84. The molecule has 2 aromatic rings. The van der Waals surface area contributed by atoms with Crippen LogP contribution in [0, 0.1) is 0 Å². The largest absolute Gasteiger partial charge is 0.343 e. The third-order valence-corrected chi connectivity index (χ3v) is 5.22. The van der Waals surface area contributed by atoms with Crippen molar-refractivity contribution in [3.63, 3.8) is 0 Å². The fraction of sp³-hybridized carbons (Fsp3) is 0.524. The third-order valence-electron chi connectivity index (χ3n) is 5.22. The van der Waals surface area contributed by atoms with Gasteiger partial charge in [-0.05, 0) is 26.0 Å². The van der Waals surface area contributed by atoms with E-state index >= 15 is 0 Å². The van der Waals surface area contributed by atoms with Gasteiger partial charge in [0.15, 0.2) is 5.82 Å². The molecule has 1 aromatic carbocycles. The van der Waals surface area contributed by atoms with Gasteiger partial charge < -0.3 is 14.3 Å². The Kier molecular flexibility index (Phi) is 7.35. The van der Waals surface area contributed by atoms with E-state index in [0.717, 1.165) is 18.7 Å². The molecule has 156 valence electrons. The fourth-order valence-corrected chi connectivity index (χ4v) is 3.48. The SMILES string of the molecule is CCN(CC)C(=O)CCc1nc(CN2CCN(C(=O)c3ccccc3)CC2)no1. The molecule has 1 saturated heterocycles. The number of aryl methyl sites for hydroxylation is 1. The van der Waals surface area contributed by atoms with Gasteiger partial charge in [-0.1, -0.05) is 23.4 Å². The first-order valence-electron chi connectivity index (χ1n) is 10.3. The summed E-state index contributed by atoms with van der Waals surface area (Å²) in [7, 11) is 0. The van der Waals surface area contributed by atoms with Crippen LogP contribution in [-0.2, 0) is 17.8 Å². The molecule has 1 aromatic heterocycles. The molecule has 0 N–H and O–H groups in total. The van der Waals surface area contributed by atoms with Gasteiger partial charge in [-0.15, -0.1) is 0 Å². The highest BCUT2D eigenvalue weighted by Crippen LogP contribution is 2.11. The van der Waals surface area contributed by atoms with Crippen molar-refractivity contribution in [1.82, 2.24) is 24.8 Å². The van der Waals surface area contributed by atoms with Gasteiger partial charge in [0.05, 0.1) is 6.54 Å². The monoisotopic (exact) mass is 399 g/mol. The third kappa shape index (κ3) is 5.63. The molecule has 0 atom stereocenters. The topological polar surface area (TPSA) is 82.8 Å². The van der Waals surface area contributed by atoms with Crippen LogP contribution in [0.4, 0.5) is 0 Å². The van der Waals surface area contributed by atoms with Crippen LogP contribution in [0.2, 0.25) is 0 Å². The standard InChI is InChI=1S/C21H29N5O3/c1-3-25(4-2)20(27)11-10-19-22-18(23-29-19)16-24-12-14-26(15-13-24)21(28)17-8-6-5-7-9-17/h5-9H,3-4,10-16H2,1-2H3. The average molecular weight is 399 g/mol. The van der Waals surface area contributed by atoms with E-state index < -0.39 is 0 Å². The number of carbonyl (C=O) groups is 2. The molecule has 2 heterocycles. The lowest BCUT2D eigenvalue weighted by molar-refractivity contribution is -0.130. The van der Waals surface area contributed by atoms with Crippen LogP contribution in [0.5, 0.6) is 0 Å². The van der Waals surface area contributed by atoms with Gasteiger partial charge in [0.1, 0.15) is 0 Å². The van der Waals surface area contributed by atoms with Crippen LogP contribution in [0.15, 0.2) is 34.9 Å². The normalized spacial score (nSPS) is 14.8. The maximum absolute atomic E-state index is 12.5. The molecule has 0 saturated carbocycles. The van der Waals surface area contributed by atoms with Crippen molar-refractivity contribution in [2.75, 3.05) is 39.3 Å². The van der Waals surface area contributed by atoms with E-state index in [1.54, 1.807) is 4.90 Å². The first-order chi connectivity index (χ1) is 14.1. The van der Waals surface area contributed by atoms with Crippen LogP contribution >= 0.6 is 0 Å². The predicted octanol–water partition coefficient (Wildman–Crippen LogP) is 1.83. The van der Waals surface area contributed by atoms with E-state index in [4.69, 9.17) is 4.52 Å².